The number of alkyl halides is 1. The van der Waals surface area contributed by atoms with Crippen LogP contribution in [-0.4, -0.2) is 40.7 Å². The maximum absolute atomic E-state index is 16.9. The van der Waals surface area contributed by atoms with Crippen molar-refractivity contribution in [3.63, 3.8) is 0 Å². The summed E-state index contributed by atoms with van der Waals surface area (Å²) in [6.07, 6.45) is 5.65. The number of aliphatic hydroxyl groups excluding tert-OH is 1. The topological polar surface area (TPSA) is 63.6 Å². The van der Waals surface area contributed by atoms with Crippen LogP contribution in [0.5, 0.6) is 0 Å². The van der Waals surface area contributed by atoms with Gasteiger partial charge in [0.05, 0.1) is 6.10 Å². The third-order valence-corrected chi connectivity index (χ3v) is 9.03. The molecule has 0 unspecified atom stereocenters. The minimum Gasteiger partial charge on any atom is -0.390 e. The molecule has 4 aliphatic carbocycles. The second kappa shape index (κ2) is 4.98. The van der Waals surface area contributed by atoms with Gasteiger partial charge in [-0.15, -0.1) is 0 Å². The maximum Gasteiger partial charge on any atom is 0.191 e. The Hall–Kier alpha value is -1.33. The fourth-order valence-electron chi connectivity index (χ4n) is 7.72. The van der Waals surface area contributed by atoms with Gasteiger partial charge in [0.15, 0.2) is 17.2 Å². The number of ketones is 2. The van der Waals surface area contributed by atoms with Gasteiger partial charge in [0, 0.05) is 16.7 Å². The molecule has 5 heteroatoms. The molecule has 27 heavy (non-hydrogen) atoms. The summed E-state index contributed by atoms with van der Waals surface area (Å²) in [5.74, 6) is -0.359. The van der Waals surface area contributed by atoms with Gasteiger partial charge in [-0.3, -0.25) is 9.59 Å². The smallest absolute Gasteiger partial charge is 0.191 e. The first-order chi connectivity index (χ1) is 12.6. The quantitative estimate of drug-likeness (QED) is 0.708. The molecule has 0 aromatic carbocycles. The van der Waals surface area contributed by atoms with Crippen LogP contribution < -0.4 is 0 Å². The van der Waals surface area contributed by atoms with E-state index in [4.69, 9.17) is 4.74 Å². The van der Waals surface area contributed by atoms with Crippen molar-refractivity contribution in [1.82, 2.24) is 0 Å². The molecular formula is C22H27FO4. The van der Waals surface area contributed by atoms with Crippen LogP contribution in [-0.2, 0) is 14.3 Å². The summed E-state index contributed by atoms with van der Waals surface area (Å²) in [7, 11) is 0. The van der Waals surface area contributed by atoms with E-state index in [2.05, 4.69) is 0 Å². The Balaban J connectivity index is 1.64. The van der Waals surface area contributed by atoms with Crippen LogP contribution in [0.3, 0.4) is 0 Å². The number of carbonyl (C=O) groups is 2. The second-order valence-corrected chi connectivity index (χ2v) is 9.85. The first-order valence-corrected chi connectivity index (χ1v) is 10.1. The highest BCUT2D eigenvalue weighted by molar-refractivity contribution is 6.01. The van der Waals surface area contributed by atoms with E-state index in [1.807, 2.05) is 20.8 Å². The minimum absolute atomic E-state index is 0.0189. The Kier molecular flexibility index (Phi) is 3.27. The van der Waals surface area contributed by atoms with E-state index in [1.54, 1.807) is 12.2 Å². The van der Waals surface area contributed by atoms with Gasteiger partial charge >= 0.3 is 0 Å². The molecule has 1 N–H and O–H groups in total. The molecule has 5 aliphatic rings. The largest absolute Gasteiger partial charge is 0.390 e. The van der Waals surface area contributed by atoms with Crippen molar-refractivity contribution >= 4 is 11.6 Å². The lowest BCUT2D eigenvalue weighted by molar-refractivity contribution is -0.250. The fraction of sp³-hybridized carbons (Fsp3) is 0.727. The summed E-state index contributed by atoms with van der Waals surface area (Å²) in [5.41, 5.74) is -3.44. The van der Waals surface area contributed by atoms with Crippen molar-refractivity contribution in [3.8, 4) is 0 Å². The lowest BCUT2D eigenvalue weighted by atomic mass is 9.44. The van der Waals surface area contributed by atoms with Crippen LogP contribution in [0, 0.1) is 28.6 Å². The first kappa shape index (κ1) is 17.7. The Morgan fingerprint density at radius 1 is 1.26 bits per heavy atom. The molecule has 1 aliphatic heterocycles. The molecule has 146 valence electrons. The highest BCUT2D eigenvalue weighted by Gasteiger charge is 2.78. The third kappa shape index (κ3) is 1.69. The number of hydrogen-bond donors (Lipinski definition) is 1. The molecule has 0 aromatic heterocycles. The van der Waals surface area contributed by atoms with E-state index >= 15 is 4.39 Å². The van der Waals surface area contributed by atoms with Gasteiger partial charge in [-0.1, -0.05) is 25.5 Å². The van der Waals surface area contributed by atoms with Crippen molar-refractivity contribution in [2.45, 2.75) is 63.8 Å². The molecule has 4 fully saturated rings. The Morgan fingerprint density at radius 3 is 2.63 bits per heavy atom. The molecule has 5 rings (SSSR count). The normalized spacial score (nSPS) is 56.3. The van der Waals surface area contributed by atoms with Crippen LogP contribution in [0.1, 0.15) is 46.5 Å². The molecule has 0 radical (unpaired) electrons. The fourth-order valence-corrected chi connectivity index (χ4v) is 7.72. The standard InChI is InChI=1S/C22H27FO4/c1-12-8-16-15-5-4-13-9-14(24)6-7-19(13,2)21(15,23)17(25)10-20(16,3)22(12)18(26)11-27-22/h6-7,9,12,15-17,25H,4-5,8,10-11H2,1-3H3/t12-,15+,16+,17+,19+,20+,21+,22-/m1/s1. The number of Topliss-reactive ketones (excluding diaryl/α,β-unsaturated/α-hetero) is 1. The number of hydrogen-bond acceptors (Lipinski definition) is 4. The zero-order valence-corrected chi connectivity index (χ0v) is 16.1. The molecule has 4 nitrogen and oxygen atoms in total. The summed E-state index contributed by atoms with van der Waals surface area (Å²) >= 11 is 0. The zero-order chi connectivity index (χ0) is 19.4. The van der Waals surface area contributed by atoms with E-state index in [1.165, 1.54) is 6.08 Å². The van der Waals surface area contributed by atoms with Crippen LogP contribution in [0.15, 0.2) is 23.8 Å². The molecule has 0 aromatic rings. The Morgan fingerprint density at radius 2 is 2.00 bits per heavy atom. The first-order valence-electron chi connectivity index (χ1n) is 10.1. The Labute approximate surface area is 158 Å². The van der Waals surface area contributed by atoms with Crippen LogP contribution in [0.4, 0.5) is 4.39 Å². The van der Waals surface area contributed by atoms with Gasteiger partial charge < -0.3 is 9.84 Å². The highest BCUT2D eigenvalue weighted by atomic mass is 19.1. The van der Waals surface area contributed by atoms with E-state index in [0.717, 1.165) is 12.0 Å². The monoisotopic (exact) mass is 374 g/mol. The Bertz CT molecular complexity index is 817. The van der Waals surface area contributed by atoms with Gasteiger partial charge in [-0.25, -0.2) is 4.39 Å². The lowest BCUT2D eigenvalue weighted by Gasteiger charge is -2.64. The molecule has 1 saturated heterocycles. The van der Waals surface area contributed by atoms with Crippen molar-refractivity contribution in [2.24, 2.45) is 28.6 Å². The molecule has 1 spiro atoms. The van der Waals surface area contributed by atoms with Crippen LogP contribution in [0.25, 0.3) is 0 Å². The van der Waals surface area contributed by atoms with Crippen molar-refractivity contribution in [3.05, 3.63) is 23.8 Å². The molecule has 0 amide bonds. The van der Waals surface area contributed by atoms with Gasteiger partial charge in [0.1, 0.15) is 12.2 Å². The molecule has 1 heterocycles. The summed E-state index contributed by atoms with van der Waals surface area (Å²) in [6.45, 7) is 6.00. The van der Waals surface area contributed by atoms with Crippen LogP contribution in [0.2, 0.25) is 0 Å². The van der Waals surface area contributed by atoms with Crippen molar-refractivity contribution < 1.29 is 23.8 Å². The number of fused-ring (bicyclic) bond motifs is 6. The summed E-state index contributed by atoms with van der Waals surface area (Å²) in [6, 6.07) is 0. The number of rotatable bonds is 0. The highest BCUT2D eigenvalue weighted by Crippen LogP contribution is 2.72. The SMILES string of the molecule is C[C@@H]1C[C@H]2[C@@H]3CCC4=CC(=O)C=C[C@]4(C)[C@@]3(F)[C@@H](O)C[C@]2(C)[C@@]12OCC2=O. The third-order valence-electron chi connectivity index (χ3n) is 9.03. The van der Waals surface area contributed by atoms with Gasteiger partial charge in [0.2, 0.25) is 0 Å². The van der Waals surface area contributed by atoms with Crippen molar-refractivity contribution in [1.29, 1.82) is 0 Å². The number of carbonyl (C=O) groups excluding carboxylic acids is 2. The summed E-state index contributed by atoms with van der Waals surface area (Å²) in [5, 5.41) is 11.2. The molecule has 3 saturated carbocycles. The van der Waals surface area contributed by atoms with Gasteiger partial charge in [0.25, 0.3) is 0 Å². The molecular weight excluding hydrogens is 347 g/mol. The maximum atomic E-state index is 16.9. The predicted molar refractivity (Wildman–Crippen MR) is 96.6 cm³/mol. The van der Waals surface area contributed by atoms with E-state index < -0.39 is 28.2 Å². The number of halogens is 1. The van der Waals surface area contributed by atoms with Crippen molar-refractivity contribution in [2.75, 3.05) is 6.61 Å². The van der Waals surface area contributed by atoms with E-state index in [9.17, 15) is 14.7 Å². The van der Waals surface area contributed by atoms with E-state index in [-0.39, 0.29) is 42.3 Å². The average Bonchev–Trinajstić information content (AvgIpc) is 2.84. The minimum atomic E-state index is -1.84. The lowest BCUT2D eigenvalue weighted by Crippen LogP contribution is -2.72. The van der Waals surface area contributed by atoms with Gasteiger partial charge in [-0.05, 0) is 56.6 Å². The average molecular weight is 374 g/mol. The number of aliphatic hydroxyl groups is 1. The van der Waals surface area contributed by atoms with Crippen LogP contribution >= 0.6 is 0 Å². The zero-order valence-electron chi connectivity index (χ0n) is 16.1. The predicted octanol–water partition coefficient (Wildman–Crippen LogP) is 2.94. The van der Waals surface area contributed by atoms with E-state index in [0.29, 0.717) is 12.8 Å². The summed E-state index contributed by atoms with van der Waals surface area (Å²) in [4.78, 5) is 24.5. The number of allylic oxidation sites excluding steroid dienone is 4. The molecule has 0 bridgehead atoms. The summed E-state index contributed by atoms with van der Waals surface area (Å²) < 4.78 is 22.8. The second-order valence-electron chi connectivity index (χ2n) is 9.85. The molecule has 8 atom stereocenters. The van der Waals surface area contributed by atoms with Gasteiger partial charge in [-0.2, -0.15) is 0 Å². The number of ether oxygens (including phenoxy) is 1.